The van der Waals surface area contributed by atoms with Gasteiger partial charge in [0.25, 0.3) is 11.8 Å². The van der Waals surface area contributed by atoms with Crippen molar-refractivity contribution in [1.82, 2.24) is 20.0 Å². The summed E-state index contributed by atoms with van der Waals surface area (Å²) in [6, 6.07) is 7.36. The van der Waals surface area contributed by atoms with Crippen LogP contribution in [0.15, 0.2) is 47.4 Å². The second kappa shape index (κ2) is 7.40. The highest BCUT2D eigenvalue weighted by Crippen LogP contribution is 2.37. The summed E-state index contributed by atoms with van der Waals surface area (Å²) < 4.78 is 5.04. The predicted molar refractivity (Wildman–Crippen MR) is 100 cm³/mol. The zero-order valence-corrected chi connectivity index (χ0v) is 15.7. The van der Waals surface area contributed by atoms with E-state index in [1.807, 2.05) is 23.1 Å². The molecule has 0 bridgehead atoms. The van der Waals surface area contributed by atoms with Crippen LogP contribution in [0, 0.1) is 0 Å². The van der Waals surface area contributed by atoms with E-state index in [9.17, 15) is 9.59 Å². The average molecular weight is 384 g/mol. The topological polar surface area (TPSA) is 82.4 Å². The molecule has 4 rings (SSSR count). The predicted octanol–water partition coefficient (Wildman–Crippen LogP) is 3.31. The lowest BCUT2D eigenvalue weighted by atomic mass is 10.1. The van der Waals surface area contributed by atoms with E-state index in [2.05, 4.69) is 10.2 Å². The quantitative estimate of drug-likeness (QED) is 0.732. The summed E-state index contributed by atoms with van der Waals surface area (Å²) in [5.41, 5.74) is 1.45. The summed E-state index contributed by atoms with van der Waals surface area (Å²) in [5.74, 6) is -0.0598. The van der Waals surface area contributed by atoms with Gasteiger partial charge in [0.15, 0.2) is 0 Å². The molecule has 8 heteroatoms. The number of H-pyrrole nitrogens is 1. The maximum absolute atomic E-state index is 12.7. The molecule has 4 heterocycles. The number of nitrogens with one attached hydrogen (secondary N) is 1. The minimum absolute atomic E-state index is 0.0110. The average Bonchev–Trinajstić information content (AvgIpc) is 3.47. The number of aromatic nitrogens is 2. The Morgan fingerprint density at radius 1 is 1.37 bits per heavy atom. The third kappa shape index (κ3) is 3.52. The molecular weight excluding hydrogens is 364 g/mol. The summed E-state index contributed by atoms with van der Waals surface area (Å²) in [5, 5.41) is 6.77. The van der Waals surface area contributed by atoms with Crippen LogP contribution in [0.3, 0.4) is 0 Å². The minimum Gasteiger partial charge on any atom is -0.472 e. The summed E-state index contributed by atoms with van der Waals surface area (Å²) >= 11 is 1.46. The molecule has 3 aromatic heterocycles. The van der Waals surface area contributed by atoms with Gasteiger partial charge >= 0.3 is 0 Å². The Bertz CT molecular complexity index is 917. The Labute approximate surface area is 160 Å². The van der Waals surface area contributed by atoms with Crippen LogP contribution >= 0.6 is 11.3 Å². The van der Waals surface area contributed by atoms with Gasteiger partial charge in [-0.15, -0.1) is 11.3 Å². The molecule has 1 saturated heterocycles. The number of nitrogens with zero attached hydrogens (tertiary/aromatic N) is 3. The first-order valence-corrected chi connectivity index (χ1v) is 9.62. The van der Waals surface area contributed by atoms with Crippen molar-refractivity contribution in [3.63, 3.8) is 0 Å². The number of carbonyl (C=O) groups excluding carboxylic acids is 2. The van der Waals surface area contributed by atoms with E-state index in [-0.39, 0.29) is 17.9 Å². The van der Waals surface area contributed by atoms with Crippen LogP contribution in [-0.4, -0.2) is 45.4 Å². The Morgan fingerprint density at radius 3 is 3.00 bits per heavy atom. The van der Waals surface area contributed by atoms with Crippen molar-refractivity contribution in [1.29, 1.82) is 0 Å². The minimum atomic E-state index is -0.0356. The van der Waals surface area contributed by atoms with Crippen molar-refractivity contribution in [3.8, 4) is 0 Å². The molecule has 0 unspecified atom stereocenters. The van der Waals surface area contributed by atoms with Crippen molar-refractivity contribution in [2.75, 3.05) is 13.6 Å². The Kier molecular flexibility index (Phi) is 4.81. The summed E-state index contributed by atoms with van der Waals surface area (Å²) in [6.07, 6.45) is 6.51. The van der Waals surface area contributed by atoms with Gasteiger partial charge in [-0.3, -0.25) is 14.7 Å². The molecule has 3 aromatic rings. The maximum Gasteiger partial charge on any atom is 0.264 e. The zero-order valence-electron chi connectivity index (χ0n) is 14.9. The van der Waals surface area contributed by atoms with Gasteiger partial charge in [0.2, 0.25) is 0 Å². The van der Waals surface area contributed by atoms with Crippen LogP contribution in [0.1, 0.15) is 49.5 Å². The molecule has 7 nitrogen and oxygen atoms in total. The first-order valence-electron chi connectivity index (χ1n) is 8.80. The van der Waals surface area contributed by atoms with E-state index in [4.69, 9.17) is 4.42 Å². The first-order chi connectivity index (χ1) is 13.1. The van der Waals surface area contributed by atoms with Crippen molar-refractivity contribution < 1.29 is 14.0 Å². The zero-order chi connectivity index (χ0) is 18.8. The molecule has 27 heavy (non-hydrogen) atoms. The lowest BCUT2D eigenvalue weighted by molar-refractivity contribution is 0.0736. The number of aromatic amines is 1. The Morgan fingerprint density at radius 2 is 2.26 bits per heavy atom. The van der Waals surface area contributed by atoms with Crippen LogP contribution in [0.4, 0.5) is 0 Å². The molecule has 0 aromatic carbocycles. The number of hydrogen-bond donors (Lipinski definition) is 1. The van der Waals surface area contributed by atoms with Crippen LogP contribution in [-0.2, 0) is 6.54 Å². The molecule has 0 radical (unpaired) electrons. The molecule has 1 aliphatic heterocycles. The van der Waals surface area contributed by atoms with Gasteiger partial charge in [0.1, 0.15) is 6.26 Å². The van der Waals surface area contributed by atoms with Gasteiger partial charge in [-0.2, -0.15) is 5.10 Å². The molecule has 0 aliphatic carbocycles. The smallest absolute Gasteiger partial charge is 0.264 e. The van der Waals surface area contributed by atoms with Crippen molar-refractivity contribution in [2.24, 2.45) is 0 Å². The van der Waals surface area contributed by atoms with Gasteiger partial charge in [0, 0.05) is 24.7 Å². The second-order valence-electron chi connectivity index (χ2n) is 6.61. The third-order valence-electron chi connectivity index (χ3n) is 4.76. The van der Waals surface area contributed by atoms with Crippen molar-refractivity contribution >= 4 is 23.2 Å². The fraction of sp³-hybridized carbons (Fsp3) is 0.316. The highest BCUT2D eigenvalue weighted by Gasteiger charge is 2.32. The highest BCUT2D eigenvalue weighted by atomic mass is 32.1. The third-order valence-corrected chi connectivity index (χ3v) is 5.93. The molecule has 0 spiro atoms. The van der Waals surface area contributed by atoms with E-state index in [1.165, 1.54) is 23.9 Å². The Balaban J connectivity index is 1.48. The fourth-order valence-electron chi connectivity index (χ4n) is 3.39. The number of rotatable bonds is 5. The van der Waals surface area contributed by atoms with Gasteiger partial charge < -0.3 is 14.2 Å². The molecule has 1 fully saturated rings. The molecular formula is C19H20N4O3S. The molecule has 0 saturated carbocycles. The lowest BCUT2D eigenvalue weighted by Gasteiger charge is -2.23. The van der Waals surface area contributed by atoms with Gasteiger partial charge in [0.05, 0.1) is 35.0 Å². The summed E-state index contributed by atoms with van der Waals surface area (Å²) in [6.45, 7) is 1.19. The largest absolute Gasteiger partial charge is 0.472 e. The van der Waals surface area contributed by atoms with E-state index < -0.39 is 0 Å². The van der Waals surface area contributed by atoms with E-state index in [0.29, 0.717) is 17.0 Å². The van der Waals surface area contributed by atoms with Crippen LogP contribution in [0.25, 0.3) is 0 Å². The second-order valence-corrected chi connectivity index (χ2v) is 7.73. The standard InChI is InChI=1S/C19H20N4O3S/c1-22(11-14-6-8-20-21-14)19(25)17-5-4-16(27-17)15-3-2-9-23(15)18(24)13-7-10-26-12-13/h4-8,10,12,15H,2-3,9,11H2,1H3,(H,20,21)/t15-/m1/s1. The number of hydrogen-bond acceptors (Lipinski definition) is 5. The van der Waals surface area contributed by atoms with E-state index in [1.54, 1.807) is 24.2 Å². The van der Waals surface area contributed by atoms with Gasteiger partial charge in [-0.05, 0) is 37.1 Å². The molecule has 140 valence electrons. The number of likely N-dealkylation sites (tertiary alicyclic amines) is 1. The molecule has 2 amide bonds. The number of carbonyl (C=O) groups is 2. The molecule has 1 atom stereocenters. The van der Waals surface area contributed by atoms with Gasteiger partial charge in [-0.25, -0.2) is 0 Å². The molecule has 1 N–H and O–H groups in total. The van der Waals surface area contributed by atoms with Crippen LogP contribution in [0.2, 0.25) is 0 Å². The van der Waals surface area contributed by atoms with Crippen molar-refractivity contribution in [2.45, 2.75) is 25.4 Å². The molecule has 1 aliphatic rings. The first kappa shape index (κ1) is 17.5. The maximum atomic E-state index is 12.7. The van der Waals surface area contributed by atoms with Crippen LogP contribution < -0.4 is 0 Å². The van der Waals surface area contributed by atoms with Crippen LogP contribution in [0.5, 0.6) is 0 Å². The lowest BCUT2D eigenvalue weighted by Crippen LogP contribution is -2.29. The Hall–Kier alpha value is -2.87. The number of amides is 2. The van der Waals surface area contributed by atoms with E-state index >= 15 is 0 Å². The van der Waals surface area contributed by atoms with Crippen molar-refractivity contribution in [3.05, 3.63) is 64.0 Å². The van der Waals surface area contributed by atoms with E-state index in [0.717, 1.165) is 30.0 Å². The number of furan rings is 1. The SMILES string of the molecule is CN(Cc1ccn[nH]1)C(=O)c1ccc([C@H]2CCCN2C(=O)c2ccoc2)s1. The monoisotopic (exact) mass is 384 g/mol. The highest BCUT2D eigenvalue weighted by molar-refractivity contribution is 7.14. The fourth-order valence-corrected chi connectivity index (χ4v) is 4.54. The van der Waals surface area contributed by atoms with Gasteiger partial charge in [-0.1, -0.05) is 0 Å². The summed E-state index contributed by atoms with van der Waals surface area (Å²) in [7, 11) is 1.77. The normalized spacial score (nSPS) is 16.6. The summed E-state index contributed by atoms with van der Waals surface area (Å²) in [4.78, 5) is 30.7. The number of thiophene rings is 1.